The van der Waals surface area contributed by atoms with Crippen LogP contribution < -0.4 is 4.90 Å². The van der Waals surface area contributed by atoms with Gasteiger partial charge in [0.1, 0.15) is 6.42 Å². The molecule has 1 aliphatic heterocycles. The molecule has 29 heavy (non-hydrogen) atoms. The summed E-state index contributed by atoms with van der Waals surface area (Å²) in [4.78, 5) is 2.41. The predicted octanol–water partition coefficient (Wildman–Crippen LogP) is 7.58. The van der Waals surface area contributed by atoms with Crippen molar-refractivity contribution in [1.82, 2.24) is 0 Å². The molecule has 2 aromatic rings. The Morgan fingerprint density at radius 2 is 1.66 bits per heavy atom. The van der Waals surface area contributed by atoms with Crippen molar-refractivity contribution in [2.75, 3.05) is 11.4 Å². The van der Waals surface area contributed by atoms with Crippen LogP contribution in [0.25, 0.3) is 0 Å². The van der Waals surface area contributed by atoms with Crippen LogP contribution in [0, 0.1) is 41.2 Å². The van der Waals surface area contributed by atoms with Gasteiger partial charge in [0.25, 0.3) is 0 Å². The molecular formula is C24H34Cl2NORu+. The first-order valence-electron chi connectivity index (χ1n) is 9.86. The second kappa shape index (κ2) is 13.3. The zero-order chi connectivity index (χ0) is 22.0. The molecule has 1 heterocycles. The molecule has 1 saturated heterocycles. The summed E-state index contributed by atoms with van der Waals surface area (Å²) < 4.78 is 4.50. The molecule has 162 valence electrons. The number of halogens is 2. The molecule has 0 atom stereocenters. The first-order valence-corrected chi connectivity index (χ1v) is 14.3. The maximum absolute atomic E-state index is 4.85. The van der Waals surface area contributed by atoms with Gasteiger partial charge in [0, 0.05) is 20.3 Å². The molecular weight excluding hydrogens is 490 g/mol. The predicted molar refractivity (Wildman–Crippen MR) is 126 cm³/mol. The van der Waals surface area contributed by atoms with Crippen LogP contribution in [0.2, 0.25) is 0 Å². The molecule has 0 saturated carbocycles. The van der Waals surface area contributed by atoms with E-state index in [0.717, 1.165) is 11.3 Å². The Kier molecular flexibility index (Phi) is 12.0. The zero-order valence-corrected chi connectivity index (χ0v) is 21.6. The third-order valence-corrected chi connectivity index (χ3v) is 4.58. The van der Waals surface area contributed by atoms with Crippen molar-refractivity contribution in [2.45, 2.75) is 60.5 Å². The van der Waals surface area contributed by atoms with Crippen molar-refractivity contribution in [2.24, 2.45) is 0 Å². The van der Waals surface area contributed by atoms with Crippen LogP contribution in [0.5, 0.6) is 5.75 Å². The third-order valence-electron chi connectivity index (χ3n) is 4.58. The number of hydrogen-bond acceptors (Lipinski definition) is 1. The molecule has 0 aliphatic carbocycles. The van der Waals surface area contributed by atoms with E-state index < -0.39 is 0 Å². The van der Waals surface area contributed by atoms with Crippen LogP contribution in [0.15, 0.2) is 30.3 Å². The molecule has 1 aliphatic rings. The fraction of sp³-hybridized carbons (Fsp3) is 0.417. The van der Waals surface area contributed by atoms with Crippen LogP contribution in [-0.4, -0.2) is 17.4 Å². The number of aromatic hydroxyl groups is 1. The molecule has 0 spiro atoms. The Morgan fingerprint density at radius 3 is 2.10 bits per heavy atom. The molecule has 1 fully saturated rings. The van der Waals surface area contributed by atoms with E-state index >= 15 is 0 Å². The first kappa shape index (κ1) is 26.0. The third kappa shape index (κ3) is 8.71. The van der Waals surface area contributed by atoms with Crippen molar-refractivity contribution in [3.8, 4) is 5.75 Å². The number of benzene rings is 2. The molecule has 0 unspecified atom stereocenters. The fourth-order valence-corrected chi connectivity index (χ4v) is 3.59. The minimum absolute atomic E-state index is 0.339. The molecule has 0 aromatic heterocycles. The molecule has 2 aromatic carbocycles. The van der Waals surface area contributed by atoms with Crippen LogP contribution in [0.4, 0.5) is 5.69 Å². The number of aliphatic hydroxyl groups is 1. The summed E-state index contributed by atoms with van der Waals surface area (Å²) in [5, 5.41) is 0. The van der Waals surface area contributed by atoms with Gasteiger partial charge in [0.15, 0.2) is 18.4 Å². The number of rotatable bonds is 3. The Hall–Kier alpha value is -1.02. The summed E-state index contributed by atoms with van der Waals surface area (Å²) in [5.74, 6) is 1.05. The van der Waals surface area contributed by atoms with Crippen molar-refractivity contribution in [3.63, 3.8) is 0 Å². The fourth-order valence-electron chi connectivity index (χ4n) is 3.59. The van der Waals surface area contributed by atoms with Gasteiger partial charge in [-0.2, -0.15) is 13.0 Å². The summed E-state index contributed by atoms with van der Waals surface area (Å²) in [6.07, 6.45) is 2.87. The van der Waals surface area contributed by atoms with Crippen LogP contribution in [-0.2, 0) is 15.1 Å². The van der Waals surface area contributed by atoms with Gasteiger partial charge in [-0.05, 0) is 44.4 Å². The summed E-state index contributed by atoms with van der Waals surface area (Å²) in [7, 11) is 9.71. The van der Waals surface area contributed by atoms with Crippen molar-refractivity contribution in [3.05, 3.63) is 71.6 Å². The van der Waals surface area contributed by atoms with E-state index in [1.54, 1.807) is 0 Å². The number of hydrogen-bond donors (Lipinski definition) is 0. The number of nitrogens with zero attached hydrogens (tertiary/aromatic N) is 1. The van der Waals surface area contributed by atoms with Gasteiger partial charge in [0.2, 0.25) is 0 Å². The van der Waals surface area contributed by atoms with Gasteiger partial charge in [0.05, 0.1) is 12.2 Å². The summed E-state index contributed by atoms with van der Waals surface area (Å²) in [6.45, 7) is 20.2. The molecule has 2 nitrogen and oxygen atoms in total. The normalized spacial score (nSPS) is 12.7. The van der Waals surface area contributed by atoms with E-state index in [-0.39, 0.29) is 15.1 Å². The standard InChI is InChI=1S/C13H18N.C11H15O.2ClH.Ru/c1-10-8-11(2)13(12(3)9-10)14-6-4-5-7-14;1-8(2)12-11-9(3)6-5-7-10(11)4;;;/h6,8-9H,4-5,7H2,1-3H3;5-8H,3H2,1-2,4H3;2*1H;/q+1;-1;;;+2/p-1. The second-order valence-corrected chi connectivity index (χ2v) is 10.3. The molecule has 0 radical (unpaired) electrons. The number of para-hydroxylation sites is 1. The van der Waals surface area contributed by atoms with E-state index in [1.807, 2.05) is 12.1 Å². The van der Waals surface area contributed by atoms with E-state index in [0.29, 0.717) is 6.10 Å². The quantitative estimate of drug-likeness (QED) is 0.230. The number of aryl methyl sites for hydroxylation is 4. The van der Waals surface area contributed by atoms with E-state index in [4.69, 9.17) is 19.4 Å². The van der Waals surface area contributed by atoms with E-state index in [2.05, 4.69) is 82.8 Å². The van der Waals surface area contributed by atoms with Crippen LogP contribution >= 0.6 is 19.4 Å². The van der Waals surface area contributed by atoms with Gasteiger partial charge in [-0.1, -0.05) is 23.8 Å². The van der Waals surface area contributed by atoms with Gasteiger partial charge < -0.3 is 4.74 Å². The Balaban J connectivity index is 0.000000259. The van der Waals surface area contributed by atoms with Crippen molar-refractivity contribution >= 4 is 25.1 Å². The molecule has 1 N–H and O–H groups in total. The SMILES string of the molecule is Cc1cc(C)c(N2[CH+]CCC2)c(C)c1.[CH2-]c1cccc(C)c1[OH+]C(C)C.[Cl][Ru][Cl]. The van der Waals surface area contributed by atoms with Gasteiger partial charge in [-0.15, -0.1) is 11.6 Å². The van der Waals surface area contributed by atoms with Crippen LogP contribution in [0.1, 0.15) is 54.5 Å². The monoisotopic (exact) mass is 524 g/mol. The number of ether oxygens (including phenoxy) is 1. The zero-order valence-electron chi connectivity index (χ0n) is 18.4. The maximum atomic E-state index is 4.85. The minimum atomic E-state index is -0.346. The van der Waals surface area contributed by atoms with E-state index in [9.17, 15) is 0 Å². The average molecular weight is 525 g/mol. The topological polar surface area (TPSA) is 16.0 Å². The van der Waals surface area contributed by atoms with Crippen molar-refractivity contribution < 1.29 is 19.9 Å². The van der Waals surface area contributed by atoms with Crippen molar-refractivity contribution in [1.29, 1.82) is 0 Å². The molecule has 3 rings (SSSR count). The summed E-state index contributed by atoms with van der Waals surface area (Å²) >= 11 is -0.346. The average Bonchev–Trinajstić information content (AvgIpc) is 3.13. The number of anilines is 1. The summed E-state index contributed by atoms with van der Waals surface area (Å²) in [6, 6.07) is 10.6. The first-order chi connectivity index (χ1) is 13.7. The van der Waals surface area contributed by atoms with Crippen LogP contribution in [0.3, 0.4) is 0 Å². The molecule has 0 bridgehead atoms. The van der Waals surface area contributed by atoms with Gasteiger partial charge in [-0.3, -0.25) is 0 Å². The Bertz CT molecular complexity index is 715. The second-order valence-electron chi connectivity index (χ2n) is 7.62. The summed E-state index contributed by atoms with van der Waals surface area (Å²) in [5.41, 5.74) is 7.82. The molecule has 5 heteroatoms. The van der Waals surface area contributed by atoms with E-state index in [1.165, 1.54) is 47.3 Å². The van der Waals surface area contributed by atoms with Gasteiger partial charge in [-0.25, -0.2) is 4.90 Å². The Morgan fingerprint density at radius 1 is 1.07 bits per heavy atom. The molecule has 0 amide bonds. The van der Waals surface area contributed by atoms with Gasteiger partial charge >= 0.3 is 34.5 Å². The Labute approximate surface area is 193 Å².